The van der Waals surface area contributed by atoms with Crippen molar-refractivity contribution in [2.75, 3.05) is 0 Å². The van der Waals surface area contributed by atoms with Gasteiger partial charge in [0.15, 0.2) is 0 Å². The molecule has 1 aromatic heterocycles. The predicted octanol–water partition coefficient (Wildman–Crippen LogP) is 3.28. The molecule has 0 aliphatic heterocycles. The van der Waals surface area contributed by atoms with Gasteiger partial charge in [0.1, 0.15) is 0 Å². The van der Waals surface area contributed by atoms with E-state index in [0.717, 1.165) is 0 Å². The Morgan fingerprint density at radius 1 is 1.18 bits per heavy atom. The Morgan fingerprint density at radius 3 is 2.76 bits per heavy atom. The molecule has 84 valence electrons. The molecule has 1 aliphatic rings. The summed E-state index contributed by atoms with van der Waals surface area (Å²) in [6, 6.07) is 12.8. The lowest BCUT2D eigenvalue weighted by Gasteiger charge is -2.09. The van der Waals surface area contributed by atoms with Crippen LogP contribution in [0.4, 0.5) is 0 Å². The molecule has 0 N–H and O–H groups in total. The molecule has 0 bridgehead atoms. The van der Waals surface area contributed by atoms with Gasteiger partial charge in [0, 0.05) is 11.4 Å². The molecule has 0 saturated carbocycles. The second-order valence-electron chi connectivity index (χ2n) is 4.51. The largest absolute Gasteiger partial charge is 0.333 e. The van der Waals surface area contributed by atoms with Gasteiger partial charge in [0.05, 0.1) is 6.54 Å². The Labute approximate surface area is 102 Å². The number of nitrogens with zero attached hydrogens (tertiary/aromatic N) is 1. The summed E-state index contributed by atoms with van der Waals surface area (Å²) in [6.07, 6.45) is 9.13. The SMILES string of the molecule is C#CCn1c(-c2ccccc2)cc2c1CCC2. The van der Waals surface area contributed by atoms with Crippen LogP contribution in [0.2, 0.25) is 0 Å². The third-order valence-electron chi connectivity index (χ3n) is 3.48. The van der Waals surface area contributed by atoms with Gasteiger partial charge in [-0.25, -0.2) is 0 Å². The maximum atomic E-state index is 5.49. The van der Waals surface area contributed by atoms with Crippen LogP contribution in [0.3, 0.4) is 0 Å². The first-order valence-corrected chi connectivity index (χ1v) is 6.10. The number of hydrogen-bond donors (Lipinski definition) is 0. The highest BCUT2D eigenvalue weighted by Crippen LogP contribution is 2.31. The van der Waals surface area contributed by atoms with Crippen LogP contribution < -0.4 is 0 Å². The normalized spacial score (nSPS) is 13.4. The summed E-state index contributed by atoms with van der Waals surface area (Å²) in [5, 5.41) is 0. The summed E-state index contributed by atoms with van der Waals surface area (Å²) >= 11 is 0. The molecule has 1 heterocycles. The smallest absolute Gasteiger partial charge is 0.0837 e. The molecule has 0 atom stereocenters. The van der Waals surface area contributed by atoms with Crippen LogP contribution in [0.25, 0.3) is 11.3 Å². The van der Waals surface area contributed by atoms with Crippen LogP contribution in [0.15, 0.2) is 36.4 Å². The van der Waals surface area contributed by atoms with Crippen molar-refractivity contribution in [3.8, 4) is 23.6 Å². The van der Waals surface area contributed by atoms with Crippen molar-refractivity contribution in [3.05, 3.63) is 47.7 Å². The molecule has 2 aromatic rings. The molecular weight excluding hydrogens is 206 g/mol. The van der Waals surface area contributed by atoms with E-state index in [-0.39, 0.29) is 0 Å². The summed E-state index contributed by atoms with van der Waals surface area (Å²) in [7, 11) is 0. The lowest BCUT2D eigenvalue weighted by Crippen LogP contribution is -2.02. The highest BCUT2D eigenvalue weighted by atomic mass is 15.0. The molecule has 0 unspecified atom stereocenters. The number of fused-ring (bicyclic) bond motifs is 1. The standard InChI is InChI=1S/C16H15N/c1-2-11-17-15-10-6-9-14(15)12-16(17)13-7-4-3-5-8-13/h1,3-5,7-8,12H,6,9-11H2. The van der Waals surface area contributed by atoms with E-state index in [9.17, 15) is 0 Å². The molecule has 1 aromatic carbocycles. The van der Waals surface area contributed by atoms with Crippen molar-refractivity contribution in [2.45, 2.75) is 25.8 Å². The minimum atomic E-state index is 0.680. The predicted molar refractivity (Wildman–Crippen MR) is 70.7 cm³/mol. The van der Waals surface area contributed by atoms with Crippen LogP contribution in [-0.4, -0.2) is 4.57 Å². The van der Waals surface area contributed by atoms with Gasteiger partial charge in [-0.2, -0.15) is 0 Å². The van der Waals surface area contributed by atoms with Gasteiger partial charge >= 0.3 is 0 Å². The lowest BCUT2D eigenvalue weighted by atomic mass is 10.1. The highest BCUT2D eigenvalue weighted by Gasteiger charge is 2.19. The zero-order valence-corrected chi connectivity index (χ0v) is 9.82. The van der Waals surface area contributed by atoms with Crippen molar-refractivity contribution in [1.82, 2.24) is 4.57 Å². The van der Waals surface area contributed by atoms with E-state index in [1.54, 1.807) is 0 Å². The van der Waals surface area contributed by atoms with Gasteiger partial charge < -0.3 is 4.57 Å². The van der Waals surface area contributed by atoms with Crippen LogP contribution in [0, 0.1) is 12.3 Å². The van der Waals surface area contributed by atoms with E-state index < -0.39 is 0 Å². The summed E-state index contributed by atoms with van der Waals surface area (Å²) in [5.74, 6) is 2.77. The van der Waals surface area contributed by atoms with Gasteiger partial charge in [-0.15, -0.1) is 6.42 Å². The molecule has 1 aliphatic carbocycles. The zero-order chi connectivity index (χ0) is 11.7. The Bertz CT molecular complexity index is 570. The van der Waals surface area contributed by atoms with E-state index in [4.69, 9.17) is 6.42 Å². The number of aryl methyl sites for hydroxylation is 1. The first-order valence-electron chi connectivity index (χ1n) is 6.10. The maximum Gasteiger partial charge on any atom is 0.0837 e. The molecule has 0 saturated heterocycles. The van der Waals surface area contributed by atoms with Crippen molar-refractivity contribution in [2.24, 2.45) is 0 Å². The topological polar surface area (TPSA) is 4.93 Å². The first-order chi connectivity index (χ1) is 8.40. The summed E-state index contributed by atoms with van der Waals surface area (Å²) < 4.78 is 2.30. The fourth-order valence-electron chi connectivity index (χ4n) is 2.72. The van der Waals surface area contributed by atoms with Gasteiger partial charge in [-0.1, -0.05) is 36.3 Å². The Kier molecular flexibility index (Phi) is 2.49. The van der Waals surface area contributed by atoms with E-state index in [2.05, 4.69) is 40.8 Å². The second kappa shape index (κ2) is 4.14. The van der Waals surface area contributed by atoms with Crippen LogP contribution >= 0.6 is 0 Å². The van der Waals surface area contributed by atoms with Crippen LogP contribution in [-0.2, 0) is 19.4 Å². The highest BCUT2D eigenvalue weighted by molar-refractivity contribution is 5.63. The Balaban J connectivity index is 2.15. The quantitative estimate of drug-likeness (QED) is 0.686. The number of rotatable bonds is 2. The fraction of sp³-hybridized carbons (Fsp3) is 0.250. The van der Waals surface area contributed by atoms with E-state index in [1.165, 1.54) is 41.8 Å². The third-order valence-corrected chi connectivity index (χ3v) is 3.48. The van der Waals surface area contributed by atoms with Gasteiger partial charge in [0.2, 0.25) is 0 Å². The fourth-order valence-corrected chi connectivity index (χ4v) is 2.72. The maximum absolute atomic E-state index is 5.49. The number of hydrogen-bond acceptors (Lipinski definition) is 0. The number of aromatic nitrogens is 1. The minimum Gasteiger partial charge on any atom is -0.333 e. The lowest BCUT2D eigenvalue weighted by molar-refractivity contribution is 0.776. The van der Waals surface area contributed by atoms with E-state index >= 15 is 0 Å². The molecule has 0 fully saturated rings. The summed E-state index contributed by atoms with van der Waals surface area (Å²) in [4.78, 5) is 0. The van der Waals surface area contributed by atoms with Gasteiger partial charge in [-0.05, 0) is 36.5 Å². The average molecular weight is 221 g/mol. The van der Waals surface area contributed by atoms with Crippen LogP contribution in [0.5, 0.6) is 0 Å². The molecule has 3 rings (SSSR count). The van der Waals surface area contributed by atoms with Crippen LogP contribution in [0.1, 0.15) is 17.7 Å². The summed E-state index contributed by atoms with van der Waals surface area (Å²) in [5.41, 5.74) is 5.46. The Morgan fingerprint density at radius 2 is 2.00 bits per heavy atom. The number of benzene rings is 1. The average Bonchev–Trinajstić information content (AvgIpc) is 2.93. The monoisotopic (exact) mass is 221 g/mol. The van der Waals surface area contributed by atoms with Crippen molar-refractivity contribution in [1.29, 1.82) is 0 Å². The molecule has 1 nitrogen and oxygen atoms in total. The summed E-state index contributed by atoms with van der Waals surface area (Å²) in [6.45, 7) is 0.680. The molecule has 0 radical (unpaired) electrons. The van der Waals surface area contributed by atoms with Crippen molar-refractivity contribution in [3.63, 3.8) is 0 Å². The molecule has 0 spiro atoms. The molecule has 0 amide bonds. The molecular formula is C16H15N. The van der Waals surface area contributed by atoms with Crippen molar-refractivity contribution < 1.29 is 0 Å². The van der Waals surface area contributed by atoms with E-state index in [0.29, 0.717) is 6.54 Å². The van der Waals surface area contributed by atoms with E-state index in [1.807, 2.05) is 6.07 Å². The van der Waals surface area contributed by atoms with Gasteiger partial charge in [0.25, 0.3) is 0 Å². The zero-order valence-electron chi connectivity index (χ0n) is 9.82. The first kappa shape index (κ1) is 10.2. The Hall–Kier alpha value is -1.94. The third kappa shape index (κ3) is 1.66. The second-order valence-corrected chi connectivity index (χ2v) is 4.51. The van der Waals surface area contributed by atoms with Crippen molar-refractivity contribution >= 4 is 0 Å². The number of terminal acetylenes is 1. The minimum absolute atomic E-state index is 0.680. The van der Waals surface area contributed by atoms with Gasteiger partial charge in [-0.3, -0.25) is 0 Å². The molecule has 1 heteroatoms. The molecule has 17 heavy (non-hydrogen) atoms.